The number of aliphatic hydroxyl groups excluding tert-OH is 2. The van der Waals surface area contributed by atoms with E-state index in [1.165, 1.54) is 12.5 Å². The third kappa shape index (κ3) is 1.57. The molecule has 4 nitrogen and oxygen atoms in total. The van der Waals surface area contributed by atoms with Crippen molar-refractivity contribution < 1.29 is 19.0 Å². The van der Waals surface area contributed by atoms with Crippen LogP contribution in [0.25, 0.3) is 0 Å². The van der Waals surface area contributed by atoms with Gasteiger partial charge in [-0.1, -0.05) is 0 Å². The summed E-state index contributed by atoms with van der Waals surface area (Å²) in [5.41, 5.74) is 0. The van der Waals surface area contributed by atoms with Crippen LogP contribution in [0.15, 0.2) is 45.6 Å². The monoisotopic (exact) mass is 194 g/mol. The molecule has 0 unspecified atom stereocenters. The van der Waals surface area contributed by atoms with Crippen LogP contribution in [0.5, 0.6) is 0 Å². The summed E-state index contributed by atoms with van der Waals surface area (Å²) < 4.78 is 9.93. The normalized spacial score (nSPS) is 15.3. The summed E-state index contributed by atoms with van der Waals surface area (Å²) in [6.45, 7) is 0. The van der Waals surface area contributed by atoms with E-state index in [1.54, 1.807) is 24.3 Å². The molecule has 2 atom stereocenters. The molecule has 2 rings (SSSR count). The smallest absolute Gasteiger partial charge is 0.145 e. The lowest BCUT2D eigenvalue weighted by molar-refractivity contribution is -0.00787. The first-order valence-corrected chi connectivity index (χ1v) is 4.22. The minimum absolute atomic E-state index is 0.314. The van der Waals surface area contributed by atoms with Gasteiger partial charge in [-0.25, -0.2) is 0 Å². The van der Waals surface area contributed by atoms with Crippen LogP contribution in [-0.2, 0) is 0 Å². The highest BCUT2D eigenvalue weighted by Crippen LogP contribution is 2.28. The van der Waals surface area contributed by atoms with Gasteiger partial charge in [0, 0.05) is 0 Å². The molecule has 0 amide bonds. The van der Waals surface area contributed by atoms with Gasteiger partial charge in [-0.15, -0.1) is 0 Å². The Kier molecular flexibility index (Phi) is 2.39. The fraction of sp³-hybridized carbons (Fsp3) is 0.200. The standard InChI is InChI=1S/C10H10O4/c11-9(7-3-1-5-13-7)10(12)8-4-2-6-14-8/h1-6,9-12H/t9-,10+. The number of aliphatic hydroxyl groups is 2. The summed E-state index contributed by atoms with van der Waals surface area (Å²) in [4.78, 5) is 0. The second kappa shape index (κ2) is 3.69. The molecule has 0 fully saturated rings. The van der Waals surface area contributed by atoms with Crippen LogP contribution in [-0.4, -0.2) is 10.2 Å². The molecule has 0 spiro atoms. The van der Waals surface area contributed by atoms with Gasteiger partial charge >= 0.3 is 0 Å². The van der Waals surface area contributed by atoms with Crippen LogP contribution in [0.2, 0.25) is 0 Å². The molecule has 0 aliphatic heterocycles. The highest BCUT2D eigenvalue weighted by atomic mass is 16.4. The maximum atomic E-state index is 9.65. The fourth-order valence-corrected chi connectivity index (χ4v) is 1.23. The molecule has 2 aromatic heterocycles. The molecular weight excluding hydrogens is 184 g/mol. The molecular formula is C10H10O4. The molecule has 74 valence electrons. The molecule has 0 bridgehead atoms. The topological polar surface area (TPSA) is 66.7 Å². The zero-order chi connectivity index (χ0) is 9.97. The van der Waals surface area contributed by atoms with Gasteiger partial charge in [0.25, 0.3) is 0 Å². The molecule has 0 saturated carbocycles. The predicted molar refractivity (Wildman–Crippen MR) is 47.3 cm³/mol. The van der Waals surface area contributed by atoms with Crippen molar-refractivity contribution in [2.45, 2.75) is 12.2 Å². The first kappa shape index (κ1) is 9.05. The van der Waals surface area contributed by atoms with Crippen molar-refractivity contribution in [1.29, 1.82) is 0 Å². The molecule has 2 N–H and O–H groups in total. The van der Waals surface area contributed by atoms with Crippen molar-refractivity contribution in [3.63, 3.8) is 0 Å². The van der Waals surface area contributed by atoms with E-state index in [0.29, 0.717) is 11.5 Å². The molecule has 0 aliphatic carbocycles. The molecule has 2 heterocycles. The van der Waals surface area contributed by atoms with Gasteiger partial charge in [-0.3, -0.25) is 0 Å². The Morgan fingerprint density at radius 3 is 1.57 bits per heavy atom. The zero-order valence-corrected chi connectivity index (χ0v) is 7.33. The van der Waals surface area contributed by atoms with Crippen LogP contribution in [0.4, 0.5) is 0 Å². The van der Waals surface area contributed by atoms with Gasteiger partial charge in [0.1, 0.15) is 23.7 Å². The van der Waals surface area contributed by atoms with Gasteiger partial charge in [-0.05, 0) is 24.3 Å². The van der Waals surface area contributed by atoms with Crippen molar-refractivity contribution in [1.82, 2.24) is 0 Å². The molecule has 0 aliphatic rings. The molecule has 0 aromatic carbocycles. The van der Waals surface area contributed by atoms with Crippen molar-refractivity contribution in [3.8, 4) is 0 Å². The summed E-state index contributed by atoms with van der Waals surface area (Å²) in [5, 5.41) is 19.3. The van der Waals surface area contributed by atoms with E-state index in [2.05, 4.69) is 0 Å². The minimum Gasteiger partial charge on any atom is -0.466 e. The zero-order valence-electron chi connectivity index (χ0n) is 7.33. The van der Waals surface area contributed by atoms with Crippen LogP contribution in [0, 0.1) is 0 Å². The quantitative estimate of drug-likeness (QED) is 0.779. The van der Waals surface area contributed by atoms with Crippen LogP contribution in [0.3, 0.4) is 0 Å². The second-order valence-electron chi connectivity index (χ2n) is 2.92. The van der Waals surface area contributed by atoms with E-state index in [9.17, 15) is 10.2 Å². The SMILES string of the molecule is O[C@H](c1ccco1)[C@@H](O)c1ccco1. The van der Waals surface area contributed by atoms with Gasteiger partial charge in [0.15, 0.2) is 0 Å². The number of furan rings is 2. The van der Waals surface area contributed by atoms with Crippen molar-refractivity contribution in [2.75, 3.05) is 0 Å². The largest absolute Gasteiger partial charge is 0.466 e. The molecule has 4 heteroatoms. The van der Waals surface area contributed by atoms with E-state index in [1.807, 2.05) is 0 Å². The molecule has 0 radical (unpaired) electrons. The average Bonchev–Trinajstić information content (AvgIpc) is 2.87. The van der Waals surface area contributed by atoms with Crippen LogP contribution < -0.4 is 0 Å². The van der Waals surface area contributed by atoms with Gasteiger partial charge in [-0.2, -0.15) is 0 Å². The Morgan fingerprint density at radius 2 is 1.29 bits per heavy atom. The summed E-state index contributed by atoms with van der Waals surface area (Å²) >= 11 is 0. The lowest BCUT2D eigenvalue weighted by Crippen LogP contribution is -2.08. The Hall–Kier alpha value is -1.52. The van der Waals surface area contributed by atoms with E-state index < -0.39 is 12.2 Å². The van der Waals surface area contributed by atoms with Crippen molar-refractivity contribution in [2.24, 2.45) is 0 Å². The average molecular weight is 194 g/mol. The van der Waals surface area contributed by atoms with Gasteiger partial charge in [0.05, 0.1) is 12.5 Å². The highest BCUT2D eigenvalue weighted by Gasteiger charge is 2.24. The van der Waals surface area contributed by atoms with Crippen LogP contribution >= 0.6 is 0 Å². The number of rotatable bonds is 3. The number of hydrogen-bond acceptors (Lipinski definition) is 4. The van der Waals surface area contributed by atoms with Crippen LogP contribution in [0.1, 0.15) is 23.7 Å². The summed E-state index contributed by atoms with van der Waals surface area (Å²) in [6, 6.07) is 6.48. The van der Waals surface area contributed by atoms with E-state index >= 15 is 0 Å². The Morgan fingerprint density at radius 1 is 0.857 bits per heavy atom. The Labute approximate surface area is 80.4 Å². The van der Waals surface area contributed by atoms with E-state index in [4.69, 9.17) is 8.83 Å². The first-order valence-electron chi connectivity index (χ1n) is 4.22. The summed E-state index contributed by atoms with van der Waals surface area (Å²) in [7, 11) is 0. The highest BCUT2D eigenvalue weighted by molar-refractivity contribution is 5.10. The minimum atomic E-state index is -1.10. The molecule has 14 heavy (non-hydrogen) atoms. The summed E-state index contributed by atoms with van der Waals surface area (Å²) in [5.74, 6) is 0.628. The van der Waals surface area contributed by atoms with Gasteiger partial charge in [0.2, 0.25) is 0 Å². The molecule has 0 saturated heterocycles. The molecule has 2 aromatic rings. The third-order valence-electron chi connectivity index (χ3n) is 1.97. The van der Waals surface area contributed by atoms with Crippen molar-refractivity contribution >= 4 is 0 Å². The fourth-order valence-electron chi connectivity index (χ4n) is 1.23. The lowest BCUT2D eigenvalue weighted by Gasteiger charge is -2.12. The maximum Gasteiger partial charge on any atom is 0.145 e. The van der Waals surface area contributed by atoms with Gasteiger partial charge < -0.3 is 19.0 Å². The predicted octanol–water partition coefficient (Wildman–Crippen LogP) is 1.64. The second-order valence-corrected chi connectivity index (χ2v) is 2.92. The van der Waals surface area contributed by atoms with E-state index in [-0.39, 0.29) is 0 Å². The Bertz CT molecular complexity index is 324. The number of hydrogen-bond donors (Lipinski definition) is 2. The maximum absolute atomic E-state index is 9.65. The lowest BCUT2D eigenvalue weighted by atomic mass is 10.1. The first-order chi connectivity index (χ1) is 6.79. The third-order valence-corrected chi connectivity index (χ3v) is 1.97. The van der Waals surface area contributed by atoms with Crippen molar-refractivity contribution in [3.05, 3.63) is 48.3 Å². The van der Waals surface area contributed by atoms with E-state index in [0.717, 1.165) is 0 Å². The summed E-state index contributed by atoms with van der Waals surface area (Å²) in [6.07, 6.45) is 0.674. The Balaban J connectivity index is 2.16.